The van der Waals surface area contributed by atoms with Crippen molar-refractivity contribution in [3.8, 4) is 11.8 Å². The van der Waals surface area contributed by atoms with Gasteiger partial charge in [-0.3, -0.25) is 0 Å². The molecule has 0 saturated heterocycles. The maximum absolute atomic E-state index is 12.0. The van der Waals surface area contributed by atoms with Crippen LogP contribution in [0.2, 0.25) is 0 Å². The Kier molecular flexibility index (Phi) is 6.66. The van der Waals surface area contributed by atoms with E-state index >= 15 is 0 Å². The van der Waals surface area contributed by atoms with Crippen molar-refractivity contribution in [2.45, 2.75) is 39.7 Å². The molecule has 0 spiro atoms. The van der Waals surface area contributed by atoms with Gasteiger partial charge < -0.3 is 4.74 Å². The molecule has 0 amide bonds. The molecule has 0 aromatic heterocycles. The highest BCUT2D eigenvalue weighted by Gasteiger charge is 2.15. The van der Waals surface area contributed by atoms with Crippen LogP contribution in [0.1, 0.15) is 44.0 Å². The second-order valence-electron chi connectivity index (χ2n) is 4.71. The Labute approximate surface area is 123 Å². The number of halogens is 1. The molecule has 2 nitrogen and oxygen atoms in total. The van der Waals surface area contributed by atoms with Crippen LogP contribution in [0.4, 0.5) is 0 Å². The molecular weight excluding hydrogens is 304 g/mol. The van der Waals surface area contributed by atoms with Gasteiger partial charge in [0, 0.05) is 10.9 Å². The van der Waals surface area contributed by atoms with Gasteiger partial charge in [-0.05, 0) is 36.6 Å². The normalized spacial score (nSPS) is 11.6. The van der Waals surface area contributed by atoms with E-state index in [0.29, 0.717) is 11.5 Å². The quantitative estimate of drug-likeness (QED) is 0.605. The van der Waals surface area contributed by atoms with E-state index in [-0.39, 0.29) is 12.1 Å². The zero-order chi connectivity index (χ0) is 14.3. The molecule has 1 unspecified atom stereocenters. The molecule has 0 aliphatic rings. The predicted molar refractivity (Wildman–Crippen MR) is 80.9 cm³/mol. The fraction of sp³-hybridized carbons (Fsp3) is 0.438. The Hall–Kier alpha value is -1.27. The van der Waals surface area contributed by atoms with E-state index < -0.39 is 0 Å². The van der Waals surface area contributed by atoms with Gasteiger partial charge in [0.2, 0.25) is 0 Å². The van der Waals surface area contributed by atoms with Gasteiger partial charge in [0.15, 0.2) is 6.10 Å². The SMILES string of the molecule is CCC#CC(CC(C)C)OC(=O)c1ccc(Br)cc1. The summed E-state index contributed by atoms with van der Waals surface area (Å²) in [6.45, 7) is 6.16. The average molecular weight is 323 g/mol. The van der Waals surface area contributed by atoms with E-state index in [0.717, 1.165) is 17.3 Å². The highest BCUT2D eigenvalue weighted by molar-refractivity contribution is 9.10. The first-order chi connectivity index (χ1) is 9.02. The summed E-state index contributed by atoms with van der Waals surface area (Å²) in [4.78, 5) is 12.0. The number of benzene rings is 1. The molecule has 19 heavy (non-hydrogen) atoms. The second-order valence-corrected chi connectivity index (χ2v) is 5.62. The number of hydrogen-bond acceptors (Lipinski definition) is 2. The average Bonchev–Trinajstić information content (AvgIpc) is 2.36. The number of carbonyl (C=O) groups excluding carboxylic acids is 1. The van der Waals surface area contributed by atoms with Gasteiger partial charge in [0.25, 0.3) is 0 Å². The van der Waals surface area contributed by atoms with E-state index in [1.54, 1.807) is 12.1 Å². The third-order valence-electron chi connectivity index (χ3n) is 2.45. The molecule has 3 heteroatoms. The van der Waals surface area contributed by atoms with Gasteiger partial charge in [0.05, 0.1) is 5.56 Å². The lowest BCUT2D eigenvalue weighted by atomic mass is 10.1. The van der Waals surface area contributed by atoms with Gasteiger partial charge in [-0.25, -0.2) is 4.79 Å². The minimum absolute atomic E-state index is 0.316. The van der Waals surface area contributed by atoms with Crippen LogP contribution in [0.3, 0.4) is 0 Å². The van der Waals surface area contributed by atoms with Gasteiger partial charge >= 0.3 is 5.97 Å². The van der Waals surface area contributed by atoms with Gasteiger partial charge in [0.1, 0.15) is 0 Å². The Morgan fingerprint density at radius 3 is 2.47 bits per heavy atom. The van der Waals surface area contributed by atoms with E-state index in [2.05, 4.69) is 41.6 Å². The van der Waals surface area contributed by atoms with Crippen molar-refractivity contribution in [2.75, 3.05) is 0 Å². The molecule has 1 aromatic rings. The molecular formula is C16H19BrO2. The molecule has 0 saturated carbocycles. The summed E-state index contributed by atoms with van der Waals surface area (Å²) in [7, 11) is 0. The van der Waals surface area contributed by atoms with Crippen LogP contribution in [-0.2, 0) is 4.74 Å². The molecule has 0 N–H and O–H groups in total. The lowest BCUT2D eigenvalue weighted by Gasteiger charge is -2.14. The van der Waals surface area contributed by atoms with Crippen molar-refractivity contribution < 1.29 is 9.53 Å². The van der Waals surface area contributed by atoms with Crippen molar-refractivity contribution in [2.24, 2.45) is 5.92 Å². The first kappa shape index (κ1) is 15.8. The molecule has 0 radical (unpaired) electrons. The van der Waals surface area contributed by atoms with Gasteiger partial charge in [-0.2, -0.15) is 0 Å². The maximum Gasteiger partial charge on any atom is 0.339 e. The van der Waals surface area contributed by atoms with Crippen LogP contribution < -0.4 is 0 Å². The summed E-state index contributed by atoms with van der Waals surface area (Å²) in [6.07, 6.45) is 1.20. The van der Waals surface area contributed by atoms with Crippen LogP contribution in [-0.4, -0.2) is 12.1 Å². The molecule has 0 aliphatic heterocycles. The highest BCUT2D eigenvalue weighted by Crippen LogP contribution is 2.14. The minimum atomic E-state index is -0.323. The van der Waals surface area contributed by atoms with Crippen molar-refractivity contribution >= 4 is 21.9 Å². The zero-order valence-corrected chi connectivity index (χ0v) is 13.2. The molecule has 0 bridgehead atoms. The summed E-state index contributed by atoms with van der Waals surface area (Å²) >= 11 is 3.34. The summed E-state index contributed by atoms with van der Waals surface area (Å²) < 4.78 is 6.40. The van der Waals surface area contributed by atoms with E-state index in [4.69, 9.17) is 4.74 Å². The number of carbonyl (C=O) groups is 1. The van der Waals surface area contributed by atoms with Crippen LogP contribution in [0.25, 0.3) is 0 Å². The number of hydrogen-bond donors (Lipinski definition) is 0. The number of ether oxygens (including phenoxy) is 1. The number of rotatable bonds is 4. The summed E-state index contributed by atoms with van der Waals surface area (Å²) in [5.74, 6) is 6.12. The highest BCUT2D eigenvalue weighted by atomic mass is 79.9. The largest absolute Gasteiger partial charge is 0.446 e. The zero-order valence-electron chi connectivity index (χ0n) is 11.6. The first-order valence-corrected chi connectivity index (χ1v) is 7.27. The summed E-state index contributed by atoms with van der Waals surface area (Å²) in [6, 6.07) is 7.13. The topological polar surface area (TPSA) is 26.3 Å². The van der Waals surface area contributed by atoms with Crippen molar-refractivity contribution in [1.29, 1.82) is 0 Å². The Bertz CT molecular complexity index is 466. The molecule has 1 aromatic carbocycles. The third kappa shape index (κ3) is 5.94. The number of esters is 1. The minimum Gasteiger partial charge on any atom is -0.446 e. The van der Waals surface area contributed by atoms with Gasteiger partial charge in [-0.1, -0.05) is 48.5 Å². The predicted octanol–water partition coefficient (Wildman–Crippen LogP) is 4.43. The smallest absolute Gasteiger partial charge is 0.339 e. The van der Waals surface area contributed by atoms with Crippen LogP contribution in [0, 0.1) is 17.8 Å². The fourth-order valence-corrected chi connectivity index (χ4v) is 1.83. The molecule has 0 fully saturated rings. The molecule has 0 heterocycles. The van der Waals surface area contributed by atoms with Crippen LogP contribution in [0.15, 0.2) is 28.7 Å². The van der Waals surface area contributed by atoms with E-state index in [1.165, 1.54) is 0 Å². The fourth-order valence-electron chi connectivity index (χ4n) is 1.56. The lowest BCUT2D eigenvalue weighted by molar-refractivity contribution is 0.0377. The van der Waals surface area contributed by atoms with Crippen molar-refractivity contribution in [3.63, 3.8) is 0 Å². The van der Waals surface area contributed by atoms with Crippen LogP contribution >= 0.6 is 15.9 Å². The molecule has 1 atom stereocenters. The van der Waals surface area contributed by atoms with Crippen LogP contribution in [0.5, 0.6) is 0 Å². The monoisotopic (exact) mass is 322 g/mol. The second kappa shape index (κ2) is 8.01. The Morgan fingerprint density at radius 1 is 1.32 bits per heavy atom. The van der Waals surface area contributed by atoms with Gasteiger partial charge in [-0.15, -0.1) is 0 Å². The Balaban J connectivity index is 2.72. The molecule has 1 rings (SSSR count). The standard InChI is InChI=1S/C16H19BrO2/c1-4-5-6-15(11-12(2)3)19-16(18)13-7-9-14(17)10-8-13/h7-10,12,15H,4,11H2,1-3H3. The molecule has 0 aliphatic carbocycles. The van der Waals surface area contributed by atoms with E-state index in [1.807, 2.05) is 19.1 Å². The summed E-state index contributed by atoms with van der Waals surface area (Å²) in [5, 5.41) is 0. The summed E-state index contributed by atoms with van der Waals surface area (Å²) in [5.41, 5.74) is 0.551. The van der Waals surface area contributed by atoms with Crippen molar-refractivity contribution in [1.82, 2.24) is 0 Å². The van der Waals surface area contributed by atoms with E-state index in [9.17, 15) is 4.79 Å². The maximum atomic E-state index is 12.0. The Morgan fingerprint density at radius 2 is 1.95 bits per heavy atom. The lowest BCUT2D eigenvalue weighted by Crippen LogP contribution is -2.18. The first-order valence-electron chi connectivity index (χ1n) is 6.47. The third-order valence-corrected chi connectivity index (χ3v) is 2.98. The van der Waals surface area contributed by atoms with Crippen molar-refractivity contribution in [3.05, 3.63) is 34.3 Å². The molecule has 102 valence electrons.